The molecule has 1 aromatic rings. The number of thioether (sulfide) groups is 1. The van der Waals surface area contributed by atoms with Crippen LogP contribution in [0.5, 0.6) is 0 Å². The molecule has 1 aromatic heterocycles. The lowest BCUT2D eigenvalue weighted by Crippen LogP contribution is -2.26. The summed E-state index contributed by atoms with van der Waals surface area (Å²) in [5.41, 5.74) is 0. The Hall–Kier alpha value is -0.550. The summed E-state index contributed by atoms with van der Waals surface area (Å²) in [5, 5.41) is 11.3. The lowest BCUT2D eigenvalue weighted by molar-refractivity contribution is 0.00346. The van der Waals surface area contributed by atoms with Gasteiger partial charge in [0.15, 0.2) is 0 Å². The van der Waals surface area contributed by atoms with Crippen LogP contribution in [0, 0.1) is 5.92 Å². The smallest absolute Gasteiger partial charge is 0.138 e. The molecule has 2 atom stereocenters. The Balaban J connectivity index is 1.60. The third-order valence-corrected chi connectivity index (χ3v) is 3.95. The molecule has 0 aliphatic heterocycles. The lowest BCUT2D eigenvalue weighted by Gasteiger charge is -2.28. The number of aromatic nitrogens is 3. The van der Waals surface area contributed by atoms with Crippen LogP contribution >= 0.6 is 11.8 Å². The summed E-state index contributed by atoms with van der Waals surface area (Å²) in [6.45, 7) is 3.11. The van der Waals surface area contributed by atoms with Gasteiger partial charge in [0.05, 0.1) is 18.9 Å². The van der Waals surface area contributed by atoms with Gasteiger partial charge in [0.1, 0.15) is 5.03 Å². The number of hydrogen-bond donors (Lipinski definition) is 1. The molecule has 16 heavy (non-hydrogen) atoms. The molecule has 1 saturated carbocycles. The molecule has 0 amide bonds. The first kappa shape index (κ1) is 11.9. The standard InChI is InChI=1S/C11H19N3OS/c1-9-4-2-3-5-10(9)15-6-7-16-11-8-12-14-13-11/h8-10H,2-7H2,1H3,(H,12,13,14)/t9-,10+/m0/s1. The van der Waals surface area contributed by atoms with E-state index in [1.165, 1.54) is 25.7 Å². The fourth-order valence-corrected chi connectivity index (χ4v) is 2.76. The van der Waals surface area contributed by atoms with Crippen molar-refractivity contribution in [2.45, 2.75) is 43.7 Å². The van der Waals surface area contributed by atoms with Crippen LogP contribution in [0.3, 0.4) is 0 Å². The van der Waals surface area contributed by atoms with Gasteiger partial charge in [-0.2, -0.15) is 10.3 Å². The summed E-state index contributed by atoms with van der Waals surface area (Å²) in [6, 6.07) is 0. The Labute approximate surface area is 101 Å². The molecule has 0 saturated heterocycles. The van der Waals surface area contributed by atoms with Crippen molar-refractivity contribution in [1.82, 2.24) is 15.4 Å². The van der Waals surface area contributed by atoms with Crippen LogP contribution in [0.2, 0.25) is 0 Å². The van der Waals surface area contributed by atoms with E-state index in [9.17, 15) is 0 Å². The van der Waals surface area contributed by atoms with Crippen molar-refractivity contribution in [3.05, 3.63) is 6.20 Å². The first-order valence-corrected chi connectivity index (χ1v) is 6.95. The largest absolute Gasteiger partial charge is 0.377 e. The number of ether oxygens (including phenoxy) is 1. The fraction of sp³-hybridized carbons (Fsp3) is 0.818. The van der Waals surface area contributed by atoms with Crippen molar-refractivity contribution >= 4 is 11.8 Å². The first-order valence-electron chi connectivity index (χ1n) is 5.96. The average molecular weight is 241 g/mol. The van der Waals surface area contributed by atoms with Crippen LogP contribution < -0.4 is 0 Å². The second-order valence-corrected chi connectivity index (χ2v) is 5.44. The van der Waals surface area contributed by atoms with Gasteiger partial charge in [-0.15, -0.1) is 16.9 Å². The monoisotopic (exact) mass is 241 g/mol. The second-order valence-electron chi connectivity index (χ2n) is 4.33. The maximum atomic E-state index is 5.91. The van der Waals surface area contributed by atoms with Gasteiger partial charge in [-0.05, 0) is 18.8 Å². The van der Waals surface area contributed by atoms with Gasteiger partial charge in [0.2, 0.25) is 0 Å². The van der Waals surface area contributed by atoms with E-state index >= 15 is 0 Å². The van der Waals surface area contributed by atoms with Crippen molar-refractivity contribution in [3.8, 4) is 0 Å². The fourth-order valence-electron chi connectivity index (χ4n) is 2.14. The van der Waals surface area contributed by atoms with Crippen molar-refractivity contribution in [2.24, 2.45) is 5.92 Å². The van der Waals surface area contributed by atoms with Crippen LogP contribution in [-0.4, -0.2) is 33.9 Å². The average Bonchev–Trinajstić information content (AvgIpc) is 2.79. The van der Waals surface area contributed by atoms with Gasteiger partial charge >= 0.3 is 0 Å². The van der Waals surface area contributed by atoms with Crippen LogP contribution in [-0.2, 0) is 4.74 Å². The minimum absolute atomic E-state index is 0.478. The zero-order chi connectivity index (χ0) is 11.2. The van der Waals surface area contributed by atoms with E-state index in [2.05, 4.69) is 22.3 Å². The highest BCUT2D eigenvalue weighted by molar-refractivity contribution is 7.99. The Morgan fingerprint density at radius 3 is 3.12 bits per heavy atom. The summed E-state index contributed by atoms with van der Waals surface area (Å²) in [7, 11) is 0. The van der Waals surface area contributed by atoms with Gasteiger partial charge in [-0.25, -0.2) is 0 Å². The molecule has 1 N–H and O–H groups in total. The molecule has 0 aromatic carbocycles. The van der Waals surface area contributed by atoms with Gasteiger partial charge in [-0.3, -0.25) is 0 Å². The minimum atomic E-state index is 0.478. The highest BCUT2D eigenvalue weighted by Gasteiger charge is 2.21. The van der Waals surface area contributed by atoms with Gasteiger partial charge < -0.3 is 4.74 Å². The van der Waals surface area contributed by atoms with Crippen molar-refractivity contribution < 1.29 is 4.74 Å². The molecule has 5 heteroatoms. The summed E-state index contributed by atoms with van der Waals surface area (Å²) in [4.78, 5) is 0. The summed E-state index contributed by atoms with van der Waals surface area (Å²) in [5.74, 6) is 1.68. The third-order valence-electron chi connectivity index (χ3n) is 3.09. The highest BCUT2D eigenvalue weighted by atomic mass is 32.2. The van der Waals surface area contributed by atoms with Crippen LogP contribution in [0.25, 0.3) is 0 Å². The SMILES string of the molecule is C[C@H]1CCCC[C@H]1OCCSc1cn[nH]n1. The zero-order valence-corrected chi connectivity index (χ0v) is 10.5. The Kier molecular flexibility index (Phi) is 4.66. The molecule has 0 spiro atoms. The van der Waals surface area contributed by atoms with Crippen LogP contribution in [0.15, 0.2) is 11.2 Å². The number of rotatable bonds is 5. The first-order chi connectivity index (χ1) is 7.86. The molecule has 90 valence electrons. The number of H-pyrrole nitrogens is 1. The molecule has 1 fully saturated rings. The number of aromatic amines is 1. The summed E-state index contributed by atoms with van der Waals surface area (Å²) < 4.78 is 5.91. The number of nitrogens with zero attached hydrogens (tertiary/aromatic N) is 2. The predicted molar refractivity (Wildman–Crippen MR) is 64.5 cm³/mol. The Morgan fingerprint density at radius 1 is 1.50 bits per heavy atom. The topological polar surface area (TPSA) is 50.8 Å². The second kappa shape index (κ2) is 6.25. The number of nitrogens with one attached hydrogen (secondary N) is 1. The van der Waals surface area contributed by atoms with Crippen molar-refractivity contribution in [1.29, 1.82) is 0 Å². The maximum absolute atomic E-state index is 5.91. The van der Waals surface area contributed by atoms with E-state index in [0.717, 1.165) is 23.3 Å². The molecule has 0 unspecified atom stereocenters. The summed E-state index contributed by atoms with van der Waals surface area (Å²) in [6.07, 6.45) is 7.47. The zero-order valence-electron chi connectivity index (χ0n) is 9.69. The minimum Gasteiger partial charge on any atom is -0.377 e. The molecule has 1 heterocycles. The summed E-state index contributed by atoms with van der Waals surface area (Å²) >= 11 is 1.69. The molecular weight excluding hydrogens is 222 g/mol. The maximum Gasteiger partial charge on any atom is 0.138 e. The van der Waals surface area contributed by atoms with Gasteiger partial charge in [0.25, 0.3) is 0 Å². The normalized spacial score (nSPS) is 25.8. The lowest BCUT2D eigenvalue weighted by atomic mass is 9.88. The predicted octanol–water partition coefficient (Wildman–Crippen LogP) is 2.49. The van der Waals surface area contributed by atoms with Crippen LogP contribution in [0.4, 0.5) is 0 Å². The van der Waals surface area contributed by atoms with Crippen molar-refractivity contribution in [2.75, 3.05) is 12.4 Å². The molecule has 0 radical (unpaired) electrons. The third kappa shape index (κ3) is 3.49. The van der Waals surface area contributed by atoms with E-state index in [4.69, 9.17) is 4.74 Å². The van der Waals surface area contributed by atoms with E-state index in [1.807, 2.05) is 0 Å². The number of hydrogen-bond acceptors (Lipinski definition) is 4. The quantitative estimate of drug-likeness (QED) is 0.635. The van der Waals surface area contributed by atoms with E-state index < -0.39 is 0 Å². The van der Waals surface area contributed by atoms with E-state index in [0.29, 0.717) is 6.10 Å². The molecule has 0 bridgehead atoms. The molecule has 1 aliphatic rings. The highest BCUT2D eigenvalue weighted by Crippen LogP contribution is 2.26. The molecule has 1 aliphatic carbocycles. The van der Waals surface area contributed by atoms with Gasteiger partial charge in [0, 0.05) is 5.75 Å². The Morgan fingerprint density at radius 2 is 2.38 bits per heavy atom. The molecule has 4 nitrogen and oxygen atoms in total. The van der Waals surface area contributed by atoms with E-state index in [1.54, 1.807) is 18.0 Å². The van der Waals surface area contributed by atoms with Gasteiger partial charge in [-0.1, -0.05) is 19.8 Å². The van der Waals surface area contributed by atoms with Crippen molar-refractivity contribution in [3.63, 3.8) is 0 Å². The van der Waals surface area contributed by atoms with Crippen LogP contribution in [0.1, 0.15) is 32.6 Å². The molecule has 2 rings (SSSR count). The van der Waals surface area contributed by atoms with E-state index in [-0.39, 0.29) is 0 Å². The Bertz CT molecular complexity index is 291. The molecular formula is C11H19N3OS.